The van der Waals surface area contributed by atoms with Crippen LogP contribution in [0.5, 0.6) is 11.5 Å². The SMILES string of the molecule is Cc1ccc(Oc2ccc(CCOC(=N)N)cc2)cn1. The number of nitrogens with two attached hydrogens (primary N) is 1. The van der Waals surface area contributed by atoms with E-state index in [1.54, 1.807) is 6.20 Å². The Morgan fingerprint density at radius 2 is 1.85 bits per heavy atom. The van der Waals surface area contributed by atoms with Gasteiger partial charge in [-0.05, 0) is 36.8 Å². The Bertz CT molecular complexity index is 565. The molecule has 1 aromatic heterocycles. The lowest BCUT2D eigenvalue weighted by molar-refractivity contribution is 0.301. The number of pyridine rings is 1. The van der Waals surface area contributed by atoms with Gasteiger partial charge in [0.15, 0.2) is 0 Å². The Morgan fingerprint density at radius 3 is 2.45 bits per heavy atom. The summed E-state index contributed by atoms with van der Waals surface area (Å²) < 4.78 is 10.6. The van der Waals surface area contributed by atoms with E-state index in [9.17, 15) is 0 Å². The second-order valence-corrected chi connectivity index (χ2v) is 4.34. The molecule has 5 heteroatoms. The summed E-state index contributed by atoms with van der Waals surface area (Å²) in [4.78, 5) is 4.18. The van der Waals surface area contributed by atoms with Crippen LogP contribution in [0.1, 0.15) is 11.3 Å². The molecule has 3 N–H and O–H groups in total. The van der Waals surface area contributed by atoms with E-state index in [4.69, 9.17) is 20.6 Å². The average molecular weight is 271 g/mol. The van der Waals surface area contributed by atoms with Crippen molar-refractivity contribution >= 4 is 6.02 Å². The van der Waals surface area contributed by atoms with Gasteiger partial charge in [0.2, 0.25) is 0 Å². The van der Waals surface area contributed by atoms with E-state index >= 15 is 0 Å². The van der Waals surface area contributed by atoms with Crippen molar-refractivity contribution in [3.8, 4) is 11.5 Å². The Kier molecular flexibility index (Phi) is 4.55. The van der Waals surface area contributed by atoms with Crippen LogP contribution >= 0.6 is 0 Å². The molecule has 0 amide bonds. The highest BCUT2D eigenvalue weighted by Gasteiger charge is 1.99. The maximum absolute atomic E-state index is 6.96. The number of nitrogens with one attached hydrogen (secondary N) is 1. The highest BCUT2D eigenvalue weighted by atomic mass is 16.5. The van der Waals surface area contributed by atoms with Crippen LogP contribution in [0.4, 0.5) is 0 Å². The van der Waals surface area contributed by atoms with Gasteiger partial charge in [-0.3, -0.25) is 10.4 Å². The van der Waals surface area contributed by atoms with Crippen LogP contribution in [0, 0.1) is 12.3 Å². The van der Waals surface area contributed by atoms with Crippen molar-refractivity contribution < 1.29 is 9.47 Å². The summed E-state index contributed by atoms with van der Waals surface area (Å²) in [6, 6.07) is 11.2. The minimum absolute atomic E-state index is 0.253. The molecule has 0 atom stereocenters. The van der Waals surface area contributed by atoms with Crippen LogP contribution in [0.3, 0.4) is 0 Å². The number of hydrogen-bond donors (Lipinski definition) is 2. The summed E-state index contributed by atoms with van der Waals surface area (Å²) in [7, 11) is 0. The number of aryl methyl sites for hydroxylation is 1. The van der Waals surface area contributed by atoms with Gasteiger partial charge in [-0.2, -0.15) is 0 Å². The molecule has 2 rings (SSSR count). The number of hydrogen-bond acceptors (Lipinski definition) is 4. The first-order chi connectivity index (χ1) is 9.63. The number of benzene rings is 1. The molecule has 0 radical (unpaired) electrons. The lowest BCUT2D eigenvalue weighted by atomic mass is 10.1. The first-order valence-electron chi connectivity index (χ1n) is 6.30. The van der Waals surface area contributed by atoms with E-state index in [0.717, 1.165) is 17.0 Å². The molecule has 0 unspecified atom stereocenters. The predicted molar refractivity (Wildman–Crippen MR) is 77.1 cm³/mol. The minimum Gasteiger partial charge on any atom is -0.465 e. The van der Waals surface area contributed by atoms with Crippen molar-refractivity contribution in [2.75, 3.05) is 6.61 Å². The molecule has 0 saturated heterocycles. The quantitative estimate of drug-likeness (QED) is 0.647. The number of aromatic nitrogens is 1. The van der Waals surface area contributed by atoms with E-state index in [0.29, 0.717) is 18.8 Å². The number of nitrogens with zero attached hydrogens (tertiary/aromatic N) is 1. The van der Waals surface area contributed by atoms with Crippen LogP contribution < -0.4 is 10.5 Å². The molecule has 0 saturated carbocycles. The third-order valence-corrected chi connectivity index (χ3v) is 2.69. The lowest BCUT2D eigenvalue weighted by Crippen LogP contribution is -2.15. The normalized spacial score (nSPS) is 10.1. The minimum atomic E-state index is -0.253. The Hall–Kier alpha value is -2.56. The molecule has 0 aliphatic rings. The molecule has 0 bridgehead atoms. The second-order valence-electron chi connectivity index (χ2n) is 4.34. The molecule has 0 aliphatic carbocycles. The summed E-state index contributed by atoms with van der Waals surface area (Å²) in [6.45, 7) is 2.33. The molecule has 104 valence electrons. The molecule has 1 aromatic carbocycles. The van der Waals surface area contributed by atoms with E-state index < -0.39 is 0 Å². The Labute approximate surface area is 117 Å². The van der Waals surface area contributed by atoms with Gasteiger partial charge < -0.3 is 15.2 Å². The molecule has 0 fully saturated rings. The van der Waals surface area contributed by atoms with Crippen molar-refractivity contribution in [3.05, 3.63) is 53.9 Å². The topological polar surface area (TPSA) is 81.2 Å². The van der Waals surface area contributed by atoms with E-state index in [2.05, 4.69) is 4.98 Å². The van der Waals surface area contributed by atoms with Crippen LogP contribution in [-0.2, 0) is 11.2 Å². The molecule has 5 nitrogen and oxygen atoms in total. The van der Waals surface area contributed by atoms with Gasteiger partial charge in [0.1, 0.15) is 11.5 Å². The highest BCUT2D eigenvalue weighted by Crippen LogP contribution is 2.21. The number of ether oxygens (including phenoxy) is 2. The van der Waals surface area contributed by atoms with Gasteiger partial charge in [-0.1, -0.05) is 12.1 Å². The smallest absolute Gasteiger partial charge is 0.279 e. The molecular formula is C15H17N3O2. The average Bonchev–Trinajstić information content (AvgIpc) is 2.43. The van der Waals surface area contributed by atoms with E-state index in [1.807, 2.05) is 43.3 Å². The molecule has 1 heterocycles. The number of rotatable bonds is 5. The molecular weight excluding hydrogens is 254 g/mol. The molecule has 20 heavy (non-hydrogen) atoms. The van der Waals surface area contributed by atoms with Crippen molar-refractivity contribution in [1.29, 1.82) is 5.41 Å². The predicted octanol–water partition coefficient (Wildman–Crippen LogP) is 2.63. The van der Waals surface area contributed by atoms with Crippen molar-refractivity contribution in [3.63, 3.8) is 0 Å². The Morgan fingerprint density at radius 1 is 1.15 bits per heavy atom. The van der Waals surface area contributed by atoms with Gasteiger partial charge in [0, 0.05) is 12.1 Å². The highest BCUT2D eigenvalue weighted by molar-refractivity contribution is 5.67. The van der Waals surface area contributed by atoms with Crippen LogP contribution in [0.15, 0.2) is 42.6 Å². The largest absolute Gasteiger partial charge is 0.465 e. The third-order valence-electron chi connectivity index (χ3n) is 2.69. The van der Waals surface area contributed by atoms with Gasteiger partial charge in [-0.15, -0.1) is 0 Å². The van der Waals surface area contributed by atoms with Gasteiger partial charge in [0.25, 0.3) is 6.02 Å². The molecule has 0 aliphatic heterocycles. The maximum Gasteiger partial charge on any atom is 0.279 e. The monoisotopic (exact) mass is 271 g/mol. The van der Waals surface area contributed by atoms with Crippen LogP contribution in [0.25, 0.3) is 0 Å². The van der Waals surface area contributed by atoms with E-state index in [-0.39, 0.29) is 6.02 Å². The lowest BCUT2D eigenvalue weighted by Gasteiger charge is -2.07. The summed E-state index contributed by atoms with van der Waals surface area (Å²) in [6.07, 6.45) is 2.40. The maximum atomic E-state index is 6.96. The fourth-order valence-electron chi connectivity index (χ4n) is 1.65. The zero-order chi connectivity index (χ0) is 14.4. The van der Waals surface area contributed by atoms with E-state index in [1.165, 1.54) is 0 Å². The second kappa shape index (κ2) is 6.56. The standard InChI is InChI=1S/C15H17N3O2/c1-11-2-5-14(10-18-11)20-13-6-3-12(4-7-13)8-9-19-15(16)17/h2-7,10H,8-9H2,1H3,(H3,16,17). The fourth-order valence-corrected chi connectivity index (χ4v) is 1.65. The van der Waals surface area contributed by atoms with Crippen LogP contribution in [0.2, 0.25) is 0 Å². The summed E-state index contributed by atoms with van der Waals surface area (Å²) in [5.41, 5.74) is 7.17. The van der Waals surface area contributed by atoms with Gasteiger partial charge in [0.05, 0.1) is 12.8 Å². The summed E-state index contributed by atoms with van der Waals surface area (Å²) in [5.74, 6) is 1.47. The Balaban J connectivity index is 1.91. The zero-order valence-corrected chi connectivity index (χ0v) is 11.3. The fraction of sp³-hybridized carbons (Fsp3) is 0.200. The first kappa shape index (κ1) is 13.9. The van der Waals surface area contributed by atoms with Crippen LogP contribution in [-0.4, -0.2) is 17.6 Å². The van der Waals surface area contributed by atoms with Crippen molar-refractivity contribution in [2.24, 2.45) is 5.73 Å². The van der Waals surface area contributed by atoms with Crippen molar-refractivity contribution in [2.45, 2.75) is 13.3 Å². The summed E-state index contributed by atoms with van der Waals surface area (Å²) in [5, 5.41) is 6.96. The third kappa shape index (κ3) is 4.28. The molecule has 2 aromatic rings. The van der Waals surface area contributed by atoms with Crippen molar-refractivity contribution in [1.82, 2.24) is 4.98 Å². The number of amidine groups is 1. The summed E-state index contributed by atoms with van der Waals surface area (Å²) >= 11 is 0. The zero-order valence-electron chi connectivity index (χ0n) is 11.3. The van der Waals surface area contributed by atoms with Gasteiger partial charge in [-0.25, -0.2) is 0 Å². The molecule has 0 spiro atoms. The first-order valence-corrected chi connectivity index (χ1v) is 6.30. The van der Waals surface area contributed by atoms with Gasteiger partial charge >= 0.3 is 0 Å².